The Morgan fingerprint density at radius 1 is 1.26 bits per heavy atom. The predicted octanol–water partition coefficient (Wildman–Crippen LogP) is 5.64. The minimum atomic E-state index is -4.44. The van der Waals surface area contributed by atoms with E-state index < -0.39 is 11.7 Å². The molecule has 0 spiro atoms. The molecule has 6 heteroatoms. The fraction of sp³-hybridized carbons (Fsp3) is 0.294. The lowest BCUT2D eigenvalue weighted by molar-refractivity contribution is -0.138. The first kappa shape index (κ1) is 19.1. The molecule has 0 aliphatic heterocycles. The highest BCUT2D eigenvalue weighted by Gasteiger charge is 2.36. The second-order valence-corrected chi connectivity index (χ2v) is 4.91. The van der Waals surface area contributed by atoms with Gasteiger partial charge in [-0.1, -0.05) is 43.8 Å². The summed E-state index contributed by atoms with van der Waals surface area (Å²) < 4.78 is 40.6. The zero-order valence-electron chi connectivity index (χ0n) is 13.0. The van der Waals surface area contributed by atoms with Gasteiger partial charge in [0.05, 0.1) is 11.1 Å². The fourth-order valence-corrected chi connectivity index (χ4v) is 2.32. The summed E-state index contributed by atoms with van der Waals surface area (Å²) in [5, 5.41) is 2.72. The van der Waals surface area contributed by atoms with Crippen LogP contribution >= 0.6 is 12.2 Å². The number of hydrogen-bond donors (Lipinski definition) is 1. The number of thiocarbonyl (C=S) groups is 1. The van der Waals surface area contributed by atoms with Crippen LogP contribution in [0, 0.1) is 0 Å². The van der Waals surface area contributed by atoms with E-state index in [4.69, 9.17) is 12.2 Å². The van der Waals surface area contributed by atoms with Crippen LogP contribution in [0.25, 0.3) is 6.08 Å². The summed E-state index contributed by atoms with van der Waals surface area (Å²) in [4.78, 5) is 3.85. The lowest BCUT2D eigenvalue weighted by Crippen LogP contribution is -2.14. The maximum absolute atomic E-state index is 13.5. The number of nitrogens with zero attached hydrogens (tertiary/aromatic N) is 1. The Balaban J connectivity index is 3.39. The van der Waals surface area contributed by atoms with Gasteiger partial charge in [-0.3, -0.25) is 4.99 Å². The van der Waals surface area contributed by atoms with E-state index in [1.54, 1.807) is 31.4 Å². The minimum absolute atomic E-state index is 0.126. The molecule has 0 atom stereocenters. The van der Waals surface area contributed by atoms with Gasteiger partial charge in [-0.2, -0.15) is 13.2 Å². The molecule has 23 heavy (non-hydrogen) atoms. The average molecular weight is 340 g/mol. The van der Waals surface area contributed by atoms with E-state index in [0.717, 1.165) is 0 Å². The van der Waals surface area contributed by atoms with E-state index in [-0.39, 0.29) is 11.1 Å². The van der Waals surface area contributed by atoms with E-state index in [2.05, 4.69) is 10.3 Å². The maximum atomic E-state index is 13.5. The predicted molar refractivity (Wildman–Crippen MR) is 95.1 cm³/mol. The second-order valence-electron chi connectivity index (χ2n) is 4.67. The minimum Gasteiger partial charge on any atom is -0.352 e. The molecule has 1 aromatic rings. The summed E-state index contributed by atoms with van der Waals surface area (Å²) >= 11 is 4.70. The van der Waals surface area contributed by atoms with Gasteiger partial charge < -0.3 is 5.32 Å². The Labute approximate surface area is 139 Å². The lowest BCUT2D eigenvalue weighted by atomic mass is 9.95. The molecule has 0 unspecified atom stereocenters. The van der Waals surface area contributed by atoms with Crippen LogP contribution in [-0.4, -0.2) is 11.7 Å². The van der Waals surface area contributed by atoms with Crippen molar-refractivity contribution in [3.8, 4) is 0 Å². The molecule has 0 fully saturated rings. The highest BCUT2D eigenvalue weighted by molar-refractivity contribution is 7.79. The Kier molecular flexibility index (Phi) is 7.68. The van der Waals surface area contributed by atoms with Crippen molar-refractivity contribution in [3.05, 3.63) is 47.2 Å². The number of anilines is 1. The van der Waals surface area contributed by atoms with Gasteiger partial charge in [-0.05, 0) is 36.6 Å². The van der Waals surface area contributed by atoms with Gasteiger partial charge >= 0.3 is 6.18 Å². The molecule has 0 aliphatic carbocycles. The van der Waals surface area contributed by atoms with Crippen molar-refractivity contribution < 1.29 is 13.2 Å². The third-order valence-corrected chi connectivity index (χ3v) is 3.17. The summed E-state index contributed by atoms with van der Waals surface area (Å²) in [5.74, 6) is 0. The van der Waals surface area contributed by atoms with Crippen LogP contribution in [0.3, 0.4) is 0 Å². The number of allylic oxidation sites excluding steroid dienone is 2. The summed E-state index contributed by atoms with van der Waals surface area (Å²) in [6, 6.07) is 3.06. The lowest BCUT2D eigenvalue weighted by Gasteiger charge is -2.19. The van der Waals surface area contributed by atoms with Gasteiger partial charge in [-0.15, -0.1) is 0 Å². The Bertz CT molecular complexity index is 617. The van der Waals surface area contributed by atoms with E-state index in [9.17, 15) is 13.2 Å². The van der Waals surface area contributed by atoms with E-state index in [0.29, 0.717) is 18.5 Å². The highest BCUT2D eigenvalue weighted by Crippen LogP contribution is 2.39. The molecule has 0 saturated carbocycles. The average Bonchev–Trinajstić information content (AvgIpc) is 2.48. The van der Waals surface area contributed by atoms with Crippen molar-refractivity contribution >= 4 is 35.7 Å². The van der Waals surface area contributed by atoms with Crippen LogP contribution in [0.15, 0.2) is 35.5 Å². The first-order chi connectivity index (χ1) is 11.0. The highest BCUT2D eigenvalue weighted by atomic mass is 32.1. The van der Waals surface area contributed by atoms with Crippen molar-refractivity contribution in [2.75, 3.05) is 5.32 Å². The molecule has 0 aliphatic rings. The van der Waals surface area contributed by atoms with Gasteiger partial charge in [0.2, 0.25) is 0 Å². The van der Waals surface area contributed by atoms with Crippen LogP contribution in [-0.2, 0) is 12.6 Å². The molecule has 0 bridgehead atoms. The van der Waals surface area contributed by atoms with Crippen molar-refractivity contribution in [3.63, 3.8) is 0 Å². The van der Waals surface area contributed by atoms with E-state index in [1.165, 1.54) is 23.8 Å². The second kappa shape index (κ2) is 9.25. The molecule has 1 rings (SSSR count). The van der Waals surface area contributed by atoms with Gasteiger partial charge in [-0.25, -0.2) is 0 Å². The summed E-state index contributed by atoms with van der Waals surface area (Å²) in [7, 11) is 0. The molecule has 0 radical (unpaired) electrons. The van der Waals surface area contributed by atoms with E-state index in [1.807, 2.05) is 6.92 Å². The third kappa shape index (κ3) is 5.63. The quantitative estimate of drug-likeness (QED) is 0.394. The SMILES string of the molecule is CC=N/C=C\C=C\c1ccc(NC=S)c(CCC)c1C(F)(F)F. The standard InChI is InChI=1S/C17H19F3N2S/c1-3-7-14-15(22-12-23)10-9-13(16(14)17(18,19)20)8-5-6-11-21-4-2/h4-6,8-12H,3,7H2,1-2H3,(H,22,23)/b8-5+,11-6-,21-4?. The van der Waals surface area contributed by atoms with Crippen LogP contribution < -0.4 is 5.32 Å². The third-order valence-electron chi connectivity index (χ3n) is 3.05. The molecule has 0 saturated heterocycles. The number of rotatable bonds is 7. The van der Waals surface area contributed by atoms with Gasteiger partial charge in [0.1, 0.15) is 0 Å². The maximum Gasteiger partial charge on any atom is 0.417 e. The molecule has 0 heterocycles. The van der Waals surface area contributed by atoms with Gasteiger partial charge in [0.15, 0.2) is 0 Å². The van der Waals surface area contributed by atoms with Crippen molar-refractivity contribution in [1.82, 2.24) is 0 Å². The monoisotopic (exact) mass is 340 g/mol. The Morgan fingerprint density at radius 3 is 2.57 bits per heavy atom. The summed E-state index contributed by atoms with van der Waals surface area (Å²) in [6.07, 6.45) is 4.16. The largest absolute Gasteiger partial charge is 0.417 e. The van der Waals surface area contributed by atoms with Crippen LogP contribution in [0.5, 0.6) is 0 Å². The topological polar surface area (TPSA) is 24.4 Å². The zero-order chi connectivity index (χ0) is 17.3. The summed E-state index contributed by atoms with van der Waals surface area (Å²) in [5.41, 5.74) is 1.36. The molecule has 1 N–H and O–H groups in total. The van der Waals surface area contributed by atoms with Crippen molar-refractivity contribution in [2.45, 2.75) is 32.9 Å². The van der Waals surface area contributed by atoms with Crippen LogP contribution in [0.1, 0.15) is 37.0 Å². The summed E-state index contributed by atoms with van der Waals surface area (Å²) in [6.45, 7) is 3.60. The van der Waals surface area contributed by atoms with Crippen LogP contribution in [0.2, 0.25) is 0 Å². The molecular weight excluding hydrogens is 321 g/mol. The fourth-order valence-electron chi connectivity index (χ4n) is 2.19. The number of halogens is 3. The number of alkyl halides is 3. The van der Waals surface area contributed by atoms with Crippen molar-refractivity contribution in [1.29, 1.82) is 0 Å². The molecule has 0 aromatic heterocycles. The number of benzene rings is 1. The van der Waals surface area contributed by atoms with Gasteiger partial charge in [0.25, 0.3) is 0 Å². The Morgan fingerprint density at radius 2 is 2.00 bits per heavy atom. The zero-order valence-corrected chi connectivity index (χ0v) is 13.8. The molecule has 0 amide bonds. The van der Waals surface area contributed by atoms with Gasteiger partial charge in [0, 0.05) is 18.1 Å². The molecule has 1 aromatic carbocycles. The molecule has 2 nitrogen and oxygen atoms in total. The van der Waals surface area contributed by atoms with E-state index >= 15 is 0 Å². The first-order valence-corrected chi connectivity index (χ1v) is 7.67. The number of hydrogen-bond acceptors (Lipinski definition) is 2. The van der Waals surface area contributed by atoms with Crippen LogP contribution in [0.4, 0.5) is 18.9 Å². The van der Waals surface area contributed by atoms with Crippen molar-refractivity contribution in [2.24, 2.45) is 4.99 Å². The molecule has 124 valence electrons. The smallest absolute Gasteiger partial charge is 0.352 e. The number of aliphatic imine (C=N–C) groups is 1. The first-order valence-electron chi connectivity index (χ1n) is 7.20. The molecular formula is C17H19F3N2S. The number of nitrogens with one attached hydrogen (secondary N) is 1. The normalized spacial score (nSPS) is 12.6. The Hall–Kier alpha value is -1.95.